The second-order valence-electron chi connectivity index (χ2n) is 6.32. The molecule has 0 saturated heterocycles. The van der Waals surface area contributed by atoms with Crippen LogP contribution in [0, 0.1) is 17.0 Å². The summed E-state index contributed by atoms with van der Waals surface area (Å²) in [6, 6.07) is 13.6. The lowest BCUT2D eigenvalue weighted by Gasteiger charge is -2.13. The van der Waals surface area contributed by atoms with Crippen molar-refractivity contribution in [1.82, 2.24) is 9.55 Å². The monoisotopic (exact) mass is 443 g/mol. The standard InChI is InChI=1S/C20H14ClN3O3S2/c1-12-10-15(6-7-16(12)21)23-19(25)18-17(8-9-28-18)22-20(23)29-11-13-2-4-14(5-3-13)24(26)27/h2-10H,11H2,1H3. The molecule has 0 atom stereocenters. The molecule has 0 unspecified atom stereocenters. The van der Waals surface area contributed by atoms with Gasteiger partial charge in [0.2, 0.25) is 0 Å². The molecule has 2 aromatic heterocycles. The summed E-state index contributed by atoms with van der Waals surface area (Å²) in [6.45, 7) is 1.89. The van der Waals surface area contributed by atoms with Gasteiger partial charge in [0.05, 0.1) is 16.1 Å². The lowest BCUT2D eigenvalue weighted by Crippen LogP contribution is -2.21. The van der Waals surface area contributed by atoms with Crippen LogP contribution >= 0.6 is 34.7 Å². The maximum Gasteiger partial charge on any atom is 0.276 e. The number of aryl methyl sites for hydroxylation is 1. The lowest BCUT2D eigenvalue weighted by molar-refractivity contribution is -0.384. The first kappa shape index (κ1) is 19.6. The zero-order valence-electron chi connectivity index (χ0n) is 15.2. The van der Waals surface area contributed by atoms with E-state index in [9.17, 15) is 14.9 Å². The van der Waals surface area contributed by atoms with Crippen LogP contribution < -0.4 is 5.56 Å². The molecule has 0 aliphatic carbocycles. The first-order valence-electron chi connectivity index (χ1n) is 8.57. The van der Waals surface area contributed by atoms with E-state index in [-0.39, 0.29) is 11.2 Å². The summed E-state index contributed by atoms with van der Waals surface area (Å²) in [5.74, 6) is 0.520. The van der Waals surface area contributed by atoms with Crippen molar-refractivity contribution in [3.05, 3.63) is 90.5 Å². The van der Waals surface area contributed by atoms with Crippen molar-refractivity contribution in [3.8, 4) is 5.69 Å². The zero-order chi connectivity index (χ0) is 20.5. The van der Waals surface area contributed by atoms with Crippen LogP contribution in [0.4, 0.5) is 5.69 Å². The maximum absolute atomic E-state index is 13.2. The molecule has 0 bridgehead atoms. The van der Waals surface area contributed by atoms with Crippen molar-refractivity contribution in [1.29, 1.82) is 0 Å². The van der Waals surface area contributed by atoms with Gasteiger partial charge < -0.3 is 0 Å². The fraction of sp³-hybridized carbons (Fsp3) is 0.100. The molecule has 0 N–H and O–H groups in total. The van der Waals surface area contributed by atoms with Crippen LogP contribution in [-0.4, -0.2) is 14.5 Å². The predicted octanol–water partition coefficient (Wildman–Crippen LogP) is 5.61. The minimum atomic E-state index is -0.427. The van der Waals surface area contributed by atoms with Gasteiger partial charge in [0.1, 0.15) is 4.70 Å². The molecule has 2 heterocycles. The van der Waals surface area contributed by atoms with Gasteiger partial charge in [-0.1, -0.05) is 35.5 Å². The van der Waals surface area contributed by atoms with Crippen LogP contribution in [-0.2, 0) is 5.75 Å². The lowest BCUT2D eigenvalue weighted by atomic mass is 10.2. The molecule has 4 aromatic rings. The maximum atomic E-state index is 13.2. The molecular weight excluding hydrogens is 430 g/mol. The van der Waals surface area contributed by atoms with Gasteiger partial charge in [-0.05, 0) is 47.7 Å². The van der Waals surface area contributed by atoms with Crippen molar-refractivity contribution < 1.29 is 4.92 Å². The van der Waals surface area contributed by atoms with E-state index in [0.29, 0.717) is 31.8 Å². The Morgan fingerprint density at radius 1 is 1.21 bits per heavy atom. The summed E-state index contributed by atoms with van der Waals surface area (Å²) in [5.41, 5.74) is 3.05. The molecule has 0 saturated carbocycles. The second kappa shape index (κ2) is 7.98. The van der Waals surface area contributed by atoms with E-state index in [1.54, 1.807) is 28.8 Å². The van der Waals surface area contributed by atoms with Crippen LogP contribution in [0.1, 0.15) is 11.1 Å². The zero-order valence-corrected chi connectivity index (χ0v) is 17.6. The van der Waals surface area contributed by atoms with Gasteiger partial charge in [0.25, 0.3) is 11.2 Å². The van der Waals surface area contributed by atoms with Gasteiger partial charge >= 0.3 is 0 Å². The highest BCUT2D eigenvalue weighted by molar-refractivity contribution is 7.98. The highest BCUT2D eigenvalue weighted by Crippen LogP contribution is 2.28. The van der Waals surface area contributed by atoms with E-state index in [0.717, 1.165) is 11.1 Å². The van der Waals surface area contributed by atoms with Crippen LogP contribution in [0.2, 0.25) is 5.02 Å². The molecule has 0 amide bonds. The Balaban J connectivity index is 1.75. The Hall–Kier alpha value is -2.68. The van der Waals surface area contributed by atoms with Gasteiger partial charge in [-0.3, -0.25) is 19.5 Å². The number of hydrogen-bond donors (Lipinski definition) is 0. The van der Waals surface area contributed by atoms with Gasteiger partial charge in [0, 0.05) is 22.9 Å². The molecule has 9 heteroatoms. The number of hydrogen-bond acceptors (Lipinski definition) is 6. The fourth-order valence-corrected chi connectivity index (χ4v) is 4.69. The third kappa shape index (κ3) is 3.91. The van der Waals surface area contributed by atoms with Gasteiger partial charge in [-0.2, -0.15) is 0 Å². The Bertz CT molecular complexity index is 1280. The predicted molar refractivity (Wildman–Crippen MR) is 118 cm³/mol. The Morgan fingerprint density at radius 3 is 2.66 bits per heavy atom. The van der Waals surface area contributed by atoms with Crippen molar-refractivity contribution >= 4 is 50.6 Å². The number of thioether (sulfide) groups is 1. The van der Waals surface area contributed by atoms with Crippen LogP contribution in [0.5, 0.6) is 0 Å². The van der Waals surface area contributed by atoms with Gasteiger partial charge in [-0.25, -0.2) is 4.98 Å². The van der Waals surface area contributed by atoms with E-state index in [4.69, 9.17) is 11.6 Å². The highest BCUT2D eigenvalue weighted by Gasteiger charge is 2.15. The number of nitrogens with zero attached hydrogens (tertiary/aromatic N) is 3. The summed E-state index contributed by atoms with van der Waals surface area (Å²) in [5, 5.41) is 13.9. The highest BCUT2D eigenvalue weighted by atomic mass is 35.5. The summed E-state index contributed by atoms with van der Waals surface area (Å²) < 4.78 is 2.19. The average Bonchev–Trinajstić information content (AvgIpc) is 3.18. The fourth-order valence-electron chi connectivity index (χ4n) is 2.85. The number of thiophene rings is 1. The minimum Gasteiger partial charge on any atom is -0.267 e. The van der Waals surface area contributed by atoms with Crippen LogP contribution in [0.3, 0.4) is 0 Å². The number of non-ortho nitro benzene ring substituents is 1. The van der Waals surface area contributed by atoms with E-state index in [1.165, 1.54) is 35.2 Å². The Morgan fingerprint density at radius 2 is 1.97 bits per heavy atom. The SMILES string of the molecule is Cc1cc(-n2c(SCc3ccc([N+](=O)[O-])cc3)nc3ccsc3c2=O)ccc1Cl. The molecule has 2 aromatic carbocycles. The van der Waals surface area contributed by atoms with Crippen molar-refractivity contribution in [2.24, 2.45) is 0 Å². The first-order chi connectivity index (χ1) is 13.9. The normalized spacial score (nSPS) is 11.1. The smallest absolute Gasteiger partial charge is 0.267 e. The molecule has 6 nitrogen and oxygen atoms in total. The summed E-state index contributed by atoms with van der Waals surface area (Å²) in [4.78, 5) is 28.2. The number of nitro benzene ring substituents is 1. The molecule has 0 radical (unpaired) electrons. The topological polar surface area (TPSA) is 78.0 Å². The second-order valence-corrected chi connectivity index (χ2v) is 8.58. The summed E-state index contributed by atoms with van der Waals surface area (Å²) >= 11 is 8.92. The summed E-state index contributed by atoms with van der Waals surface area (Å²) in [6.07, 6.45) is 0. The number of nitro groups is 1. The third-order valence-corrected chi connectivity index (χ3v) is 6.69. The third-order valence-electron chi connectivity index (χ3n) is 4.36. The van der Waals surface area contributed by atoms with Crippen LogP contribution in [0.25, 0.3) is 15.9 Å². The molecule has 29 heavy (non-hydrogen) atoms. The van der Waals surface area contributed by atoms with E-state index in [2.05, 4.69) is 4.98 Å². The number of fused-ring (bicyclic) bond motifs is 1. The Kier molecular flexibility index (Phi) is 5.40. The number of halogens is 1. The molecule has 0 spiro atoms. The largest absolute Gasteiger partial charge is 0.276 e. The van der Waals surface area contributed by atoms with Crippen molar-refractivity contribution in [2.75, 3.05) is 0 Å². The number of benzene rings is 2. The minimum absolute atomic E-state index is 0.0464. The number of aromatic nitrogens is 2. The van der Waals surface area contributed by atoms with Crippen LogP contribution in [0.15, 0.2) is 63.9 Å². The molecular formula is C20H14ClN3O3S2. The van der Waals surface area contributed by atoms with Crippen molar-refractivity contribution in [2.45, 2.75) is 17.8 Å². The molecule has 0 aliphatic heterocycles. The molecule has 0 aliphatic rings. The summed E-state index contributed by atoms with van der Waals surface area (Å²) in [7, 11) is 0. The molecule has 146 valence electrons. The van der Waals surface area contributed by atoms with E-state index < -0.39 is 4.92 Å². The number of rotatable bonds is 5. The average molecular weight is 444 g/mol. The quantitative estimate of drug-likeness (QED) is 0.173. The van der Waals surface area contributed by atoms with Crippen molar-refractivity contribution in [3.63, 3.8) is 0 Å². The van der Waals surface area contributed by atoms with Gasteiger partial charge in [0.15, 0.2) is 5.16 Å². The van der Waals surface area contributed by atoms with E-state index in [1.807, 2.05) is 24.4 Å². The Labute approximate surface area is 178 Å². The van der Waals surface area contributed by atoms with E-state index >= 15 is 0 Å². The molecule has 4 rings (SSSR count). The molecule has 0 fully saturated rings. The first-order valence-corrected chi connectivity index (χ1v) is 10.8. The van der Waals surface area contributed by atoms with Gasteiger partial charge in [-0.15, -0.1) is 11.3 Å².